The van der Waals surface area contributed by atoms with Crippen molar-refractivity contribution in [3.63, 3.8) is 0 Å². The van der Waals surface area contributed by atoms with E-state index in [1.165, 1.54) is 10.9 Å². The normalized spacial score (nSPS) is 14.1. The van der Waals surface area contributed by atoms with Crippen LogP contribution in [0.5, 0.6) is 5.75 Å². The van der Waals surface area contributed by atoms with Gasteiger partial charge in [-0.25, -0.2) is 18.7 Å². The van der Waals surface area contributed by atoms with Crippen LogP contribution >= 0.6 is 0 Å². The van der Waals surface area contributed by atoms with Crippen molar-refractivity contribution in [1.29, 1.82) is 0 Å². The summed E-state index contributed by atoms with van der Waals surface area (Å²) in [4.78, 5) is 40.5. The second-order valence-electron chi connectivity index (χ2n) is 8.60. The summed E-state index contributed by atoms with van der Waals surface area (Å²) < 4.78 is 34.4. The number of methoxy groups -OCH3 is 1. The van der Waals surface area contributed by atoms with E-state index in [0.717, 1.165) is 16.0 Å². The second kappa shape index (κ2) is 9.99. The number of alkyl halides is 2. The number of rotatable bonds is 7. The summed E-state index contributed by atoms with van der Waals surface area (Å²) in [7, 11) is 1.63. The molecule has 0 atom stereocenters. The van der Waals surface area contributed by atoms with Crippen molar-refractivity contribution in [2.75, 3.05) is 38.2 Å². The van der Waals surface area contributed by atoms with Gasteiger partial charge < -0.3 is 19.5 Å². The molecule has 11 nitrogen and oxygen atoms in total. The molecular weight excluding hydrogens is 486 g/mol. The Balaban J connectivity index is 1.26. The van der Waals surface area contributed by atoms with Crippen molar-refractivity contribution >= 4 is 22.8 Å². The summed E-state index contributed by atoms with van der Waals surface area (Å²) in [5, 5.41) is 4.24. The number of nitrogens with one attached hydrogen (secondary N) is 1. The molecule has 5 rings (SSSR count). The van der Waals surface area contributed by atoms with Crippen LogP contribution in [0, 0.1) is 0 Å². The molecule has 1 aromatic carbocycles. The second-order valence-corrected chi connectivity index (χ2v) is 8.60. The summed E-state index contributed by atoms with van der Waals surface area (Å²) in [6.45, 7) is 4.25. The summed E-state index contributed by atoms with van der Waals surface area (Å²) in [5.41, 5.74) is 0.901. The minimum Gasteiger partial charge on any atom is -0.497 e. The molecule has 0 radical (unpaired) electrons. The molecule has 1 N–H and O–H groups in total. The summed E-state index contributed by atoms with van der Waals surface area (Å²) in [5.74, 6) is 0.361. The smallest absolute Gasteiger partial charge is 0.295 e. The molecular formula is C24H26F2N8O3. The molecule has 4 aromatic rings. The predicted molar refractivity (Wildman–Crippen MR) is 132 cm³/mol. The third-order valence-corrected chi connectivity index (χ3v) is 6.41. The molecule has 37 heavy (non-hydrogen) atoms. The van der Waals surface area contributed by atoms with Gasteiger partial charge in [0.15, 0.2) is 17.0 Å². The van der Waals surface area contributed by atoms with Crippen LogP contribution < -0.4 is 15.2 Å². The Hall–Kier alpha value is -4.29. The minimum absolute atomic E-state index is 0.0375. The number of anilines is 1. The highest BCUT2D eigenvalue weighted by Gasteiger charge is 2.23. The summed E-state index contributed by atoms with van der Waals surface area (Å²) >= 11 is 0. The van der Waals surface area contributed by atoms with E-state index >= 15 is 0 Å². The average molecular weight is 513 g/mol. The Labute approximate surface area is 210 Å². The van der Waals surface area contributed by atoms with Gasteiger partial charge in [-0.2, -0.15) is 5.10 Å². The van der Waals surface area contributed by atoms with Crippen molar-refractivity contribution in [3.8, 4) is 17.1 Å². The van der Waals surface area contributed by atoms with E-state index in [1.807, 2.05) is 24.3 Å². The van der Waals surface area contributed by atoms with Gasteiger partial charge in [0, 0.05) is 50.7 Å². The monoisotopic (exact) mass is 512 g/mol. The number of hydrogen-bond donors (Lipinski definition) is 1. The van der Waals surface area contributed by atoms with E-state index in [2.05, 4.69) is 25.0 Å². The third-order valence-electron chi connectivity index (χ3n) is 6.41. The Morgan fingerprint density at radius 2 is 1.97 bits per heavy atom. The minimum atomic E-state index is -2.90. The first-order valence-electron chi connectivity index (χ1n) is 11.9. The highest BCUT2D eigenvalue weighted by atomic mass is 19.3. The number of ether oxygens (including phenoxy) is 1. The van der Waals surface area contributed by atoms with E-state index in [0.29, 0.717) is 31.7 Å². The van der Waals surface area contributed by atoms with Crippen molar-refractivity contribution in [1.82, 2.24) is 34.2 Å². The van der Waals surface area contributed by atoms with Crippen LogP contribution in [0.4, 0.5) is 14.5 Å². The van der Waals surface area contributed by atoms with Crippen LogP contribution in [0.1, 0.15) is 19.2 Å². The van der Waals surface area contributed by atoms with E-state index < -0.39 is 17.8 Å². The van der Waals surface area contributed by atoms with Gasteiger partial charge in [0.1, 0.15) is 18.1 Å². The van der Waals surface area contributed by atoms with Gasteiger partial charge in [-0.3, -0.25) is 18.8 Å². The summed E-state index contributed by atoms with van der Waals surface area (Å²) in [6, 6.07) is 7.83. The highest BCUT2D eigenvalue weighted by Crippen LogP contribution is 2.23. The maximum atomic E-state index is 13.4. The first kappa shape index (κ1) is 24.4. The zero-order chi connectivity index (χ0) is 26.1. The Morgan fingerprint density at radius 3 is 2.68 bits per heavy atom. The third kappa shape index (κ3) is 4.76. The highest BCUT2D eigenvalue weighted by molar-refractivity contribution is 5.77. The number of piperazine rings is 1. The largest absolute Gasteiger partial charge is 0.497 e. The SMILES string of the molecule is CCn1c(C(F)F)nc2nc(-c3cnn(CC(=O)N4CCN(c5cccc(OC)c5)CC4)c3)[nH]c2c1=O. The number of aromatic nitrogens is 6. The number of halogens is 2. The van der Waals surface area contributed by atoms with E-state index in [-0.39, 0.29) is 36.0 Å². The molecule has 1 aliphatic rings. The molecule has 1 aliphatic heterocycles. The number of nitrogens with zero attached hydrogens (tertiary/aromatic N) is 7. The fraction of sp³-hybridized carbons (Fsp3) is 0.375. The number of imidazole rings is 1. The van der Waals surface area contributed by atoms with Crippen LogP contribution in [-0.4, -0.2) is 73.4 Å². The van der Waals surface area contributed by atoms with Gasteiger partial charge in [-0.05, 0) is 19.1 Å². The lowest BCUT2D eigenvalue weighted by atomic mass is 10.2. The molecule has 4 heterocycles. The molecule has 1 saturated heterocycles. The molecule has 0 bridgehead atoms. The Morgan fingerprint density at radius 1 is 1.19 bits per heavy atom. The number of aromatic amines is 1. The van der Waals surface area contributed by atoms with Gasteiger partial charge in [-0.1, -0.05) is 6.07 Å². The van der Waals surface area contributed by atoms with Crippen LogP contribution in [0.2, 0.25) is 0 Å². The maximum Gasteiger partial charge on any atom is 0.295 e. The van der Waals surface area contributed by atoms with Gasteiger partial charge >= 0.3 is 0 Å². The van der Waals surface area contributed by atoms with E-state index in [4.69, 9.17) is 4.74 Å². The molecule has 0 spiro atoms. The predicted octanol–water partition coefficient (Wildman–Crippen LogP) is 2.30. The Bertz CT molecular complexity index is 1490. The first-order valence-corrected chi connectivity index (χ1v) is 11.9. The van der Waals surface area contributed by atoms with Crippen molar-refractivity contribution < 1.29 is 18.3 Å². The number of fused-ring (bicyclic) bond motifs is 1. The van der Waals surface area contributed by atoms with Crippen LogP contribution in [0.15, 0.2) is 41.5 Å². The number of carbonyl (C=O) groups excluding carboxylic acids is 1. The fourth-order valence-electron chi connectivity index (χ4n) is 4.44. The zero-order valence-corrected chi connectivity index (χ0v) is 20.4. The van der Waals surface area contributed by atoms with Crippen LogP contribution in [0.3, 0.4) is 0 Å². The van der Waals surface area contributed by atoms with Crippen molar-refractivity contribution in [3.05, 3.63) is 52.8 Å². The van der Waals surface area contributed by atoms with Gasteiger partial charge in [0.25, 0.3) is 12.0 Å². The molecule has 0 aliphatic carbocycles. The molecule has 0 saturated carbocycles. The number of H-pyrrole nitrogens is 1. The molecule has 1 fully saturated rings. The van der Waals surface area contributed by atoms with Crippen LogP contribution in [0.25, 0.3) is 22.6 Å². The zero-order valence-electron chi connectivity index (χ0n) is 20.4. The number of hydrogen-bond acceptors (Lipinski definition) is 7. The van der Waals surface area contributed by atoms with Crippen molar-refractivity contribution in [2.24, 2.45) is 0 Å². The van der Waals surface area contributed by atoms with Gasteiger partial charge in [0.2, 0.25) is 5.91 Å². The Kier molecular flexibility index (Phi) is 6.59. The lowest BCUT2D eigenvalue weighted by Gasteiger charge is -2.36. The van der Waals surface area contributed by atoms with Gasteiger partial charge in [-0.15, -0.1) is 0 Å². The molecule has 194 valence electrons. The van der Waals surface area contributed by atoms with Crippen molar-refractivity contribution in [2.45, 2.75) is 26.4 Å². The summed E-state index contributed by atoms with van der Waals surface area (Å²) in [6.07, 6.45) is 0.218. The first-order chi connectivity index (χ1) is 17.9. The van der Waals surface area contributed by atoms with Gasteiger partial charge in [0.05, 0.1) is 18.9 Å². The standard InChI is InChI=1S/C24H26F2N8O3/c1-3-34-23(20(25)26)30-22-19(24(34)36)28-21(29-22)15-12-27-33(13-15)14-18(35)32-9-7-31(8-10-32)16-5-4-6-17(11-16)37-2/h4-6,11-13,20H,3,7-10,14H2,1-2H3,(H,28,29). The lowest BCUT2D eigenvalue weighted by molar-refractivity contribution is -0.132. The fourth-order valence-corrected chi connectivity index (χ4v) is 4.44. The number of benzene rings is 1. The maximum absolute atomic E-state index is 13.4. The average Bonchev–Trinajstić information content (AvgIpc) is 3.56. The number of amides is 1. The topological polar surface area (TPSA) is 114 Å². The molecule has 3 aromatic heterocycles. The lowest BCUT2D eigenvalue weighted by Crippen LogP contribution is -2.49. The van der Waals surface area contributed by atoms with E-state index in [9.17, 15) is 18.4 Å². The quantitative estimate of drug-likeness (QED) is 0.404. The molecule has 0 unspecified atom stereocenters. The van der Waals surface area contributed by atoms with Crippen LogP contribution in [-0.2, 0) is 17.9 Å². The van der Waals surface area contributed by atoms with E-state index in [1.54, 1.807) is 25.1 Å². The molecule has 13 heteroatoms. The molecule has 1 amide bonds. The number of carbonyl (C=O) groups is 1.